The molecule has 3 aromatic rings. The number of benzene rings is 2. The number of nitrogens with zero attached hydrogens (tertiary/aromatic N) is 1. The van der Waals surface area contributed by atoms with Crippen LogP contribution in [0.2, 0.25) is 0 Å². The van der Waals surface area contributed by atoms with Gasteiger partial charge >= 0.3 is 0 Å². The van der Waals surface area contributed by atoms with Crippen molar-refractivity contribution in [1.29, 1.82) is 0 Å². The van der Waals surface area contributed by atoms with Crippen LogP contribution in [0.4, 0.5) is 0 Å². The van der Waals surface area contributed by atoms with E-state index < -0.39 is 6.10 Å². The van der Waals surface area contributed by atoms with Gasteiger partial charge in [0.1, 0.15) is 16.5 Å². The van der Waals surface area contributed by atoms with Gasteiger partial charge in [0.25, 0.3) is 5.91 Å². The molecule has 5 nitrogen and oxygen atoms in total. The first kappa shape index (κ1) is 19.1. The van der Waals surface area contributed by atoms with E-state index in [0.717, 1.165) is 21.9 Å². The Morgan fingerprint density at radius 2 is 1.93 bits per heavy atom. The highest BCUT2D eigenvalue weighted by Gasteiger charge is 2.13. The summed E-state index contributed by atoms with van der Waals surface area (Å²) in [6.07, 6.45) is -0.146. The van der Waals surface area contributed by atoms with Gasteiger partial charge in [0, 0.05) is 17.5 Å². The fourth-order valence-corrected chi connectivity index (χ4v) is 3.43. The Bertz CT molecular complexity index is 863. The van der Waals surface area contributed by atoms with E-state index in [0.29, 0.717) is 25.3 Å². The normalized spacial score (nSPS) is 11.8. The number of carbonyl (C=O) groups is 1. The summed E-state index contributed by atoms with van der Waals surface area (Å²) in [5.41, 5.74) is 2.18. The number of hydrogen-bond acceptors (Lipinski definition) is 5. The minimum atomic E-state index is -0.596. The van der Waals surface area contributed by atoms with E-state index in [1.807, 2.05) is 61.5 Å². The average molecular weight is 382 g/mol. The molecule has 27 heavy (non-hydrogen) atoms. The van der Waals surface area contributed by atoms with Gasteiger partial charge in [-0.05, 0) is 43.2 Å². The third-order valence-electron chi connectivity index (χ3n) is 4.04. The molecular weight excluding hydrogens is 360 g/mol. The maximum Gasteiger partial charge on any atom is 0.270 e. The molecule has 140 valence electrons. The average Bonchev–Trinajstić information content (AvgIpc) is 3.20. The van der Waals surface area contributed by atoms with Crippen LogP contribution in [0, 0.1) is 0 Å². The lowest BCUT2D eigenvalue weighted by molar-refractivity contribution is 0.0938. The largest absolute Gasteiger partial charge is 0.494 e. The molecule has 0 bridgehead atoms. The third-order valence-corrected chi connectivity index (χ3v) is 4.93. The minimum absolute atomic E-state index is 0.233. The highest BCUT2D eigenvalue weighted by atomic mass is 32.1. The van der Waals surface area contributed by atoms with Gasteiger partial charge < -0.3 is 15.2 Å². The summed E-state index contributed by atoms with van der Waals surface area (Å²) < 4.78 is 5.43. The van der Waals surface area contributed by atoms with Gasteiger partial charge in [-0.3, -0.25) is 4.79 Å². The van der Waals surface area contributed by atoms with Crippen LogP contribution in [0.5, 0.6) is 5.75 Å². The number of thiazole rings is 1. The lowest BCUT2D eigenvalue weighted by Gasteiger charge is -2.11. The van der Waals surface area contributed by atoms with Crippen LogP contribution >= 0.6 is 11.3 Å². The van der Waals surface area contributed by atoms with Crippen molar-refractivity contribution in [2.45, 2.75) is 19.4 Å². The van der Waals surface area contributed by atoms with Crippen molar-refractivity contribution < 1.29 is 14.6 Å². The van der Waals surface area contributed by atoms with Crippen molar-refractivity contribution >= 4 is 17.2 Å². The van der Waals surface area contributed by atoms with Crippen LogP contribution in [-0.4, -0.2) is 29.1 Å². The van der Waals surface area contributed by atoms with Gasteiger partial charge in [0.15, 0.2) is 0 Å². The first-order valence-corrected chi connectivity index (χ1v) is 9.75. The smallest absolute Gasteiger partial charge is 0.270 e. The Balaban J connectivity index is 1.53. The van der Waals surface area contributed by atoms with E-state index in [1.54, 1.807) is 5.38 Å². The van der Waals surface area contributed by atoms with E-state index in [-0.39, 0.29) is 5.91 Å². The summed E-state index contributed by atoms with van der Waals surface area (Å²) >= 11 is 1.42. The molecular formula is C21H22N2O3S. The van der Waals surface area contributed by atoms with Crippen molar-refractivity contribution in [2.75, 3.05) is 13.2 Å². The molecule has 1 amide bonds. The lowest BCUT2D eigenvalue weighted by Crippen LogP contribution is -2.25. The molecule has 6 heteroatoms. The van der Waals surface area contributed by atoms with Gasteiger partial charge in [-0.25, -0.2) is 4.98 Å². The first-order valence-electron chi connectivity index (χ1n) is 8.87. The maximum absolute atomic E-state index is 12.3. The van der Waals surface area contributed by atoms with Crippen LogP contribution < -0.4 is 10.1 Å². The second-order valence-electron chi connectivity index (χ2n) is 5.97. The van der Waals surface area contributed by atoms with Crippen LogP contribution in [0.3, 0.4) is 0 Å². The summed E-state index contributed by atoms with van der Waals surface area (Å²) in [6, 6.07) is 17.1. The number of amides is 1. The fraction of sp³-hybridized carbons (Fsp3) is 0.238. The zero-order chi connectivity index (χ0) is 19.1. The number of rotatable bonds is 8. The first-order chi connectivity index (χ1) is 13.2. The van der Waals surface area contributed by atoms with Crippen LogP contribution in [0.25, 0.3) is 10.6 Å². The van der Waals surface area contributed by atoms with Crippen LogP contribution in [0.15, 0.2) is 60.0 Å². The zero-order valence-electron chi connectivity index (χ0n) is 15.1. The van der Waals surface area contributed by atoms with Crippen molar-refractivity contribution in [1.82, 2.24) is 10.3 Å². The monoisotopic (exact) mass is 382 g/mol. The van der Waals surface area contributed by atoms with E-state index in [2.05, 4.69) is 10.3 Å². The third kappa shape index (κ3) is 5.15. The highest BCUT2D eigenvalue weighted by molar-refractivity contribution is 7.13. The number of ether oxygens (including phenoxy) is 1. The molecule has 1 heterocycles. The van der Waals surface area contributed by atoms with Gasteiger partial charge in [-0.1, -0.05) is 30.3 Å². The van der Waals surface area contributed by atoms with Crippen LogP contribution in [0.1, 0.15) is 35.5 Å². The number of carbonyl (C=O) groups excluding carboxylic acids is 1. The molecule has 1 aromatic heterocycles. The maximum atomic E-state index is 12.3. The Labute approximate surface area is 162 Å². The Hall–Kier alpha value is -2.70. The summed E-state index contributed by atoms with van der Waals surface area (Å²) in [4.78, 5) is 16.7. The lowest BCUT2D eigenvalue weighted by atomic mass is 10.1. The molecule has 1 atom stereocenters. The molecule has 0 radical (unpaired) electrons. The van der Waals surface area contributed by atoms with Crippen LogP contribution in [-0.2, 0) is 0 Å². The predicted octanol–water partition coefficient (Wildman–Crippen LogP) is 4.06. The van der Waals surface area contributed by atoms with Gasteiger partial charge in [0.2, 0.25) is 0 Å². The SMILES string of the molecule is CCOc1ccc(-c2nc(C(=O)NCC[C@H](O)c3ccccc3)cs2)cc1. The number of aliphatic hydroxyl groups is 1. The number of aromatic nitrogens is 1. The van der Waals surface area contributed by atoms with E-state index in [9.17, 15) is 9.90 Å². The summed E-state index contributed by atoms with van der Waals surface area (Å²) in [6.45, 7) is 2.95. The molecule has 0 aliphatic rings. The van der Waals surface area contributed by atoms with Crippen molar-refractivity contribution in [3.8, 4) is 16.3 Å². The van der Waals surface area contributed by atoms with Gasteiger partial charge in [0.05, 0.1) is 12.7 Å². The van der Waals surface area contributed by atoms with E-state index >= 15 is 0 Å². The van der Waals surface area contributed by atoms with Gasteiger partial charge in [-0.15, -0.1) is 11.3 Å². The molecule has 0 fully saturated rings. The predicted molar refractivity (Wildman–Crippen MR) is 107 cm³/mol. The Morgan fingerprint density at radius 3 is 2.63 bits per heavy atom. The summed E-state index contributed by atoms with van der Waals surface area (Å²) in [5, 5.41) is 15.5. The molecule has 0 spiro atoms. The summed E-state index contributed by atoms with van der Waals surface area (Å²) in [5.74, 6) is 0.580. The standard InChI is InChI=1S/C21H22N2O3S/c1-2-26-17-10-8-16(9-11-17)21-23-18(14-27-21)20(25)22-13-12-19(24)15-6-4-3-5-7-15/h3-11,14,19,24H,2,12-13H2,1H3,(H,22,25)/t19-/m0/s1. The molecule has 0 aliphatic carbocycles. The summed E-state index contributed by atoms with van der Waals surface area (Å²) in [7, 11) is 0. The number of hydrogen-bond donors (Lipinski definition) is 2. The second-order valence-corrected chi connectivity index (χ2v) is 6.82. The molecule has 0 aliphatic heterocycles. The topological polar surface area (TPSA) is 71.5 Å². The Morgan fingerprint density at radius 1 is 1.19 bits per heavy atom. The highest BCUT2D eigenvalue weighted by Crippen LogP contribution is 2.26. The van der Waals surface area contributed by atoms with Crippen molar-refractivity contribution in [2.24, 2.45) is 0 Å². The molecule has 2 aromatic carbocycles. The van der Waals surface area contributed by atoms with Crippen molar-refractivity contribution in [3.63, 3.8) is 0 Å². The molecule has 0 saturated carbocycles. The van der Waals surface area contributed by atoms with E-state index in [4.69, 9.17) is 4.74 Å². The fourth-order valence-electron chi connectivity index (χ4n) is 2.63. The Kier molecular flexibility index (Phi) is 6.57. The molecule has 0 unspecified atom stereocenters. The second kappa shape index (κ2) is 9.30. The molecule has 3 rings (SSSR count). The number of aliphatic hydroxyl groups excluding tert-OH is 1. The molecule has 0 saturated heterocycles. The van der Waals surface area contributed by atoms with Gasteiger partial charge in [-0.2, -0.15) is 0 Å². The zero-order valence-corrected chi connectivity index (χ0v) is 15.9. The minimum Gasteiger partial charge on any atom is -0.494 e. The number of nitrogens with one attached hydrogen (secondary N) is 1. The van der Waals surface area contributed by atoms with Crippen molar-refractivity contribution in [3.05, 3.63) is 71.2 Å². The quantitative estimate of drug-likeness (QED) is 0.616. The van der Waals surface area contributed by atoms with E-state index in [1.165, 1.54) is 11.3 Å². The molecule has 2 N–H and O–H groups in total.